The molecule has 0 saturated heterocycles. The first kappa shape index (κ1) is 37.9. The molecule has 0 bridgehead atoms. The average molecular weight is 604 g/mol. The number of aryl methyl sites for hydroxylation is 1. The third-order valence-electron chi connectivity index (χ3n) is 7.41. The lowest BCUT2D eigenvalue weighted by atomic mass is 9.68. The normalized spacial score (nSPS) is 12.3. The van der Waals surface area contributed by atoms with Gasteiger partial charge in [-0.1, -0.05) is 33.8 Å². The summed E-state index contributed by atoms with van der Waals surface area (Å²) < 4.78 is 27.8. The summed E-state index contributed by atoms with van der Waals surface area (Å²) in [6.07, 6.45) is 4.15. The van der Waals surface area contributed by atoms with E-state index in [9.17, 15) is 0 Å². The Hall–Kier alpha value is -2.06. The molecular weight excluding hydrogens is 551 g/mol. The van der Waals surface area contributed by atoms with Gasteiger partial charge < -0.3 is 34.3 Å². The molecule has 1 unspecified atom stereocenters. The third-order valence-corrected chi connectivity index (χ3v) is 7.41. The Labute approximate surface area is 254 Å². The first-order chi connectivity index (χ1) is 18.3. The highest BCUT2D eigenvalue weighted by atomic mass is 35.5. The Morgan fingerprint density at radius 1 is 0.700 bits per heavy atom. The maximum atomic E-state index is 5.70. The van der Waals surface area contributed by atoms with E-state index >= 15 is 0 Å². The Morgan fingerprint density at radius 3 is 1.77 bits per heavy atom. The van der Waals surface area contributed by atoms with Crippen LogP contribution >= 0.6 is 24.8 Å². The van der Waals surface area contributed by atoms with Crippen LogP contribution in [0.1, 0.15) is 58.1 Å². The van der Waals surface area contributed by atoms with Crippen LogP contribution in [0.2, 0.25) is 0 Å². The fourth-order valence-corrected chi connectivity index (χ4v) is 5.02. The molecule has 0 amide bonds. The van der Waals surface area contributed by atoms with E-state index < -0.39 is 0 Å². The standard InChI is InChI=1S/C31H50N2O5.2ClH/c1-22(2)31(21-33-23(3)4,25-19-28(36-7)30(38-9)29(20-25)37-8)15-11-17-32-16-10-12-24-13-14-26(34-5)27(18-24)35-6;;/h13-14,18-20,22-23,32-33H,10-12,15-17,21H2,1-9H3;2*1H. The molecule has 0 aromatic heterocycles. The van der Waals surface area contributed by atoms with E-state index in [1.165, 1.54) is 11.1 Å². The molecule has 1 atom stereocenters. The van der Waals surface area contributed by atoms with E-state index in [1.54, 1.807) is 35.5 Å². The number of hydrogen-bond donors (Lipinski definition) is 2. The van der Waals surface area contributed by atoms with E-state index in [4.69, 9.17) is 23.7 Å². The minimum atomic E-state index is -0.0849. The van der Waals surface area contributed by atoms with Gasteiger partial charge >= 0.3 is 0 Å². The highest BCUT2D eigenvalue weighted by Crippen LogP contribution is 2.45. The van der Waals surface area contributed by atoms with Crippen LogP contribution in [0.15, 0.2) is 30.3 Å². The molecule has 0 fully saturated rings. The molecule has 230 valence electrons. The zero-order chi connectivity index (χ0) is 28.1. The summed E-state index contributed by atoms with van der Waals surface area (Å²) in [4.78, 5) is 0. The van der Waals surface area contributed by atoms with Gasteiger partial charge in [0.1, 0.15) is 0 Å². The van der Waals surface area contributed by atoms with Gasteiger partial charge in [0.05, 0.1) is 35.5 Å². The lowest BCUT2D eigenvalue weighted by molar-refractivity contribution is 0.253. The summed E-state index contributed by atoms with van der Waals surface area (Å²) in [7, 11) is 8.34. The second kappa shape index (κ2) is 19.1. The second-order valence-corrected chi connectivity index (χ2v) is 10.4. The number of methoxy groups -OCH3 is 5. The monoisotopic (exact) mass is 602 g/mol. The average Bonchev–Trinajstić information content (AvgIpc) is 2.92. The second-order valence-electron chi connectivity index (χ2n) is 10.4. The summed E-state index contributed by atoms with van der Waals surface area (Å²) in [5.74, 6) is 3.98. The van der Waals surface area contributed by atoms with Gasteiger partial charge in [-0.25, -0.2) is 0 Å². The van der Waals surface area contributed by atoms with E-state index in [1.807, 2.05) is 6.07 Å². The first-order valence-electron chi connectivity index (χ1n) is 13.7. The van der Waals surface area contributed by atoms with Crippen LogP contribution in [-0.2, 0) is 11.8 Å². The molecule has 7 nitrogen and oxygen atoms in total. The molecule has 0 heterocycles. The molecule has 2 aromatic carbocycles. The summed E-state index contributed by atoms with van der Waals surface area (Å²) in [5.41, 5.74) is 2.38. The maximum Gasteiger partial charge on any atom is 0.203 e. The molecule has 0 aliphatic rings. The van der Waals surface area contributed by atoms with Gasteiger partial charge in [-0.15, -0.1) is 24.8 Å². The lowest BCUT2D eigenvalue weighted by Crippen LogP contribution is -2.45. The summed E-state index contributed by atoms with van der Waals surface area (Å²) >= 11 is 0. The zero-order valence-corrected chi connectivity index (χ0v) is 27.5. The molecule has 0 radical (unpaired) electrons. The first-order valence-corrected chi connectivity index (χ1v) is 13.7. The van der Waals surface area contributed by atoms with Crippen molar-refractivity contribution in [3.8, 4) is 28.7 Å². The molecule has 0 aliphatic carbocycles. The predicted molar refractivity (Wildman–Crippen MR) is 170 cm³/mol. The van der Waals surface area contributed by atoms with Gasteiger partial charge in [-0.3, -0.25) is 0 Å². The summed E-state index contributed by atoms with van der Waals surface area (Å²) in [6.45, 7) is 11.8. The Morgan fingerprint density at radius 2 is 1.27 bits per heavy atom. The van der Waals surface area contributed by atoms with Crippen molar-refractivity contribution in [2.75, 3.05) is 55.2 Å². The Bertz CT molecular complexity index is 965. The number of benzene rings is 2. The lowest BCUT2D eigenvalue weighted by Gasteiger charge is -2.40. The van der Waals surface area contributed by atoms with Crippen LogP contribution in [0, 0.1) is 5.92 Å². The van der Waals surface area contributed by atoms with Crippen molar-refractivity contribution in [2.45, 2.75) is 64.8 Å². The highest BCUT2D eigenvalue weighted by molar-refractivity contribution is 5.85. The Kier molecular flexibility index (Phi) is 18.1. The third kappa shape index (κ3) is 10.1. The molecule has 0 saturated carbocycles. The van der Waals surface area contributed by atoms with Crippen LogP contribution in [0.5, 0.6) is 28.7 Å². The molecule has 9 heteroatoms. The number of rotatable bonds is 18. The van der Waals surface area contributed by atoms with Crippen LogP contribution in [-0.4, -0.2) is 61.2 Å². The van der Waals surface area contributed by atoms with Gasteiger partial charge in [-0.2, -0.15) is 0 Å². The van der Waals surface area contributed by atoms with Crippen molar-refractivity contribution in [3.05, 3.63) is 41.5 Å². The topological polar surface area (TPSA) is 70.2 Å². The Balaban J connectivity index is 0.00000760. The minimum absolute atomic E-state index is 0. The number of ether oxygens (including phenoxy) is 5. The molecular formula is C31H52Cl2N2O5. The zero-order valence-electron chi connectivity index (χ0n) is 25.8. The van der Waals surface area contributed by atoms with E-state index in [2.05, 4.69) is 62.6 Å². The van der Waals surface area contributed by atoms with Gasteiger partial charge in [0.2, 0.25) is 5.75 Å². The fraction of sp³-hybridized carbons (Fsp3) is 0.613. The maximum absolute atomic E-state index is 5.70. The van der Waals surface area contributed by atoms with Crippen molar-refractivity contribution in [1.82, 2.24) is 10.6 Å². The molecule has 40 heavy (non-hydrogen) atoms. The van der Waals surface area contributed by atoms with E-state index in [0.717, 1.165) is 56.8 Å². The molecule has 2 N–H and O–H groups in total. The summed E-state index contributed by atoms with van der Waals surface area (Å²) in [5, 5.41) is 7.37. The fourth-order valence-electron chi connectivity index (χ4n) is 5.02. The van der Waals surface area contributed by atoms with Crippen molar-refractivity contribution in [3.63, 3.8) is 0 Å². The molecule has 2 aromatic rings. The molecule has 0 aliphatic heterocycles. The predicted octanol–water partition coefficient (Wildman–Crippen LogP) is 6.47. The van der Waals surface area contributed by atoms with Crippen LogP contribution < -0.4 is 34.3 Å². The van der Waals surface area contributed by atoms with E-state index in [-0.39, 0.29) is 30.2 Å². The van der Waals surface area contributed by atoms with Crippen molar-refractivity contribution in [1.29, 1.82) is 0 Å². The number of nitrogens with one attached hydrogen (secondary N) is 2. The minimum Gasteiger partial charge on any atom is -0.493 e. The van der Waals surface area contributed by atoms with Crippen LogP contribution in [0.25, 0.3) is 0 Å². The number of halogens is 2. The number of hydrogen-bond acceptors (Lipinski definition) is 7. The van der Waals surface area contributed by atoms with Crippen LogP contribution in [0.3, 0.4) is 0 Å². The summed E-state index contributed by atoms with van der Waals surface area (Å²) in [6, 6.07) is 10.8. The van der Waals surface area contributed by atoms with Crippen molar-refractivity contribution < 1.29 is 23.7 Å². The SMILES string of the molecule is COc1ccc(CCCNCCCC(CNC(C)C)(c2cc(OC)c(OC)c(OC)c2)C(C)C)cc1OC.Cl.Cl. The van der Waals surface area contributed by atoms with Gasteiger partial charge in [0.15, 0.2) is 23.0 Å². The van der Waals surface area contributed by atoms with E-state index in [0.29, 0.717) is 29.2 Å². The highest BCUT2D eigenvalue weighted by Gasteiger charge is 2.37. The smallest absolute Gasteiger partial charge is 0.203 e. The van der Waals surface area contributed by atoms with Gasteiger partial charge in [-0.05, 0) is 80.1 Å². The quantitative estimate of drug-likeness (QED) is 0.189. The largest absolute Gasteiger partial charge is 0.493 e. The van der Waals surface area contributed by atoms with Crippen molar-refractivity contribution in [2.24, 2.45) is 5.92 Å². The van der Waals surface area contributed by atoms with Crippen LogP contribution in [0.4, 0.5) is 0 Å². The molecule has 0 spiro atoms. The van der Waals surface area contributed by atoms with Crippen molar-refractivity contribution >= 4 is 24.8 Å². The van der Waals surface area contributed by atoms with Gasteiger partial charge in [0, 0.05) is 18.0 Å². The van der Waals surface area contributed by atoms with Gasteiger partial charge in [0.25, 0.3) is 0 Å². The molecule has 2 rings (SSSR count).